The van der Waals surface area contributed by atoms with Crippen LogP contribution in [0.2, 0.25) is 0 Å². The molecule has 0 saturated carbocycles. The van der Waals surface area contributed by atoms with Crippen LogP contribution in [0.3, 0.4) is 0 Å². The number of pyridine rings is 1. The standard InChI is InChI=1S/C20H22N2O6/c1-22-8-7-14(23)18(26-9-12-5-3-2-4-6-12)16(22)20(25)21-13-10-27-19-15(24)11-28-17(13)19/h2-8,13,15,17,19,24H,9-11H2,1H3,(H,21,25)/t13-,15-,17-,19-/m1/s1. The van der Waals surface area contributed by atoms with Crippen molar-refractivity contribution in [2.24, 2.45) is 7.05 Å². The quantitative estimate of drug-likeness (QED) is 0.763. The molecule has 2 fully saturated rings. The van der Waals surface area contributed by atoms with Crippen LogP contribution >= 0.6 is 0 Å². The van der Waals surface area contributed by atoms with Crippen molar-refractivity contribution in [3.63, 3.8) is 0 Å². The van der Waals surface area contributed by atoms with Crippen molar-refractivity contribution in [1.82, 2.24) is 9.88 Å². The number of nitrogens with zero attached hydrogens (tertiary/aromatic N) is 1. The van der Waals surface area contributed by atoms with E-state index in [1.807, 2.05) is 30.3 Å². The summed E-state index contributed by atoms with van der Waals surface area (Å²) in [7, 11) is 1.67. The molecular weight excluding hydrogens is 364 g/mol. The summed E-state index contributed by atoms with van der Waals surface area (Å²) in [6.45, 7) is 0.586. The lowest BCUT2D eigenvalue weighted by molar-refractivity contribution is 0.0178. The molecule has 0 unspecified atom stereocenters. The summed E-state index contributed by atoms with van der Waals surface area (Å²) in [5.41, 5.74) is 0.651. The lowest BCUT2D eigenvalue weighted by Gasteiger charge is -2.20. The number of hydrogen-bond donors (Lipinski definition) is 2. The smallest absolute Gasteiger partial charge is 0.272 e. The van der Waals surface area contributed by atoms with Gasteiger partial charge in [0.25, 0.3) is 5.91 Å². The highest BCUT2D eigenvalue weighted by Gasteiger charge is 2.47. The number of aliphatic hydroxyl groups is 1. The third-order valence-corrected chi connectivity index (χ3v) is 5.03. The number of carbonyl (C=O) groups is 1. The average molecular weight is 386 g/mol. The number of benzene rings is 1. The Labute approximate surface area is 161 Å². The first-order chi connectivity index (χ1) is 13.5. The Morgan fingerprint density at radius 3 is 2.75 bits per heavy atom. The molecule has 0 aliphatic carbocycles. The summed E-state index contributed by atoms with van der Waals surface area (Å²) in [5.74, 6) is -0.461. The Morgan fingerprint density at radius 2 is 1.96 bits per heavy atom. The monoisotopic (exact) mass is 386 g/mol. The number of aliphatic hydroxyl groups excluding tert-OH is 1. The van der Waals surface area contributed by atoms with Crippen LogP contribution in [0.5, 0.6) is 5.75 Å². The summed E-state index contributed by atoms with van der Waals surface area (Å²) in [6, 6.07) is 10.4. The van der Waals surface area contributed by atoms with Gasteiger partial charge in [0.1, 0.15) is 24.9 Å². The van der Waals surface area contributed by atoms with Crippen LogP contribution in [-0.4, -0.2) is 53.1 Å². The van der Waals surface area contributed by atoms with Crippen molar-refractivity contribution in [1.29, 1.82) is 0 Å². The van der Waals surface area contributed by atoms with Crippen molar-refractivity contribution in [3.8, 4) is 5.75 Å². The minimum absolute atomic E-state index is 0.00538. The zero-order valence-electron chi connectivity index (χ0n) is 15.4. The molecule has 2 N–H and O–H groups in total. The van der Waals surface area contributed by atoms with Crippen molar-refractivity contribution in [2.45, 2.75) is 31.0 Å². The summed E-state index contributed by atoms with van der Waals surface area (Å²) in [4.78, 5) is 25.3. The van der Waals surface area contributed by atoms with Crippen molar-refractivity contribution < 1.29 is 24.1 Å². The lowest BCUT2D eigenvalue weighted by Crippen LogP contribution is -2.45. The molecular formula is C20H22N2O6. The highest BCUT2D eigenvalue weighted by atomic mass is 16.6. The van der Waals surface area contributed by atoms with Gasteiger partial charge < -0.3 is 29.2 Å². The van der Waals surface area contributed by atoms with Crippen LogP contribution < -0.4 is 15.5 Å². The molecule has 1 aromatic heterocycles. The fourth-order valence-electron chi connectivity index (χ4n) is 3.58. The molecule has 8 heteroatoms. The minimum atomic E-state index is -0.697. The largest absolute Gasteiger partial charge is 0.483 e. The number of aryl methyl sites for hydroxylation is 1. The molecule has 2 aromatic rings. The number of carbonyl (C=O) groups excluding carboxylic acids is 1. The Kier molecular flexibility index (Phi) is 5.17. The van der Waals surface area contributed by atoms with Crippen molar-refractivity contribution in [2.75, 3.05) is 13.2 Å². The van der Waals surface area contributed by atoms with Gasteiger partial charge in [0.2, 0.25) is 5.43 Å². The summed E-state index contributed by atoms with van der Waals surface area (Å²) >= 11 is 0. The number of amides is 1. The molecule has 28 heavy (non-hydrogen) atoms. The van der Waals surface area contributed by atoms with Gasteiger partial charge in [-0.15, -0.1) is 0 Å². The first-order valence-corrected chi connectivity index (χ1v) is 9.13. The fraction of sp³-hybridized carbons (Fsp3) is 0.400. The number of rotatable bonds is 5. The normalized spacial score (nSPS) is 26.1. The Bertz CT molecular complexity index is 913. The van der Waals surface area contributed by atoms with Gasteiger partial charge in [0.05, 0.1) is 19.3 Å². The Morgan fingerprint density at radius 1 is 1.21 bits per heavy atom. The van der Waals surface area contributed by atoms with Crippen LogP contribution in [0.4, 0.5) is 0 Å². The van der Waals surface area contributed by atoms with Gasteiger partial charge in [-0.25, -0.2) is 0 Å². The van der Waals surface area contributed by atoms with E-state index in [4.69, 9.17) is 14.2 Å². The van der Waals surface area contributed by atoms with E-state index in [0.717, 1.165) is 5.56 Å². The second-order valence-electron chi connectivity index (χ2n) is 6.99. The zero-order valence-corrected chi connectivity index (χ0v) is 15.4. The molecule has 148 valence electrons. The third kappa shape index (κ3) is 3.54. The van der Waals surface area contributed by atoms with Crippen molar-refractivity contribution >= 4 is 5.91 Å². The van der Waals surface area contributed by atoms with E-state index in [0.29, 0.717) is 0 Å². The number of ether oxygens (including phenoxy) is 3. The van der Waals surface area contributed by atoms with Gasteiger partial charge in [-0.3, -0.25) is 9.59 Å². The molecule has 1 amide bonds. The molecule has 4 atom stereocenters. The first kappa shape index (κ1) is 18.7. The second kappa shape index (κ2) is 7.75. The lowest BCUT2D eigenvalue weighted by atomic mass is 10.1. The summed E-state index contributed by atoms with van der Waals surface area (Å²) in [5, 5.41) is 12.7. The van der Waals surface area contributed by atoms with Gasteiger partial charge in [-0.1, -0.05) is 30.3 Å². The van der Waals surface area contributed by atoms with E-state index < -0.39 is 30.3 Å². The maximum Gasteiger partial charge on any atom is 0.272 e. The molecule has 2 saturated heterocycles. The van der Waals surface area contributed by atoms with Crippen LogP contribution in [0.25, 0.3) is 0 Å². The predicted molar refractivity (Wildman–Crippen MR) is 99.2 cm³/mol. The molecule has 2 aliphatic rings. The fourth-order valence-corrected chi connectivity index (χ4v) is 3.58. The van der Waals surface area contributed by atoms with E-state index in [-0.39, 0.29) is 36.7 Å². The number of aromatic nitrogens is 1. The van der Waals surface area contributed by atoms with Crippen LogP contribution in [0.15, 0.2) is 47.4 Å². The maximum absolute atomic E-state index is 13.0. The van der Waals surface area contributed by atoms with E-state index in [2.05, 4.69) is 5.32 Å². The van der Waals surface area contributed by atoms with Gasteiger partial charge in [0.15, 0.2) is 11.4 Å². The molecule has 1 aromatic carbocycles. The highest BCUT2D eigenvalue weighted by molar-refractivity contribution is 5.95. The molecule has 8 nitrogen and oxygen atoms in total. The van der Waals surface area contributed by atoms with Gasteiger partial charge >= 0.3 is 0 Å². The van der Waals surface area contributed by atoms with E-state index >= 15 is 0 Å². The van der Waals surface area contributed by atoms with Gasteiger partial charge in [0, 0.05) is 19.3 Å². The van der Waals surface area contributed by atoms with Crippen LogP contribution in [0.1, 0.15) is 16.1 Å². The summed E-state index contributed by atoms with van der Waals surface area (Å²) in [6.07, 6.45) is -0.0269. The third-order valence-electron chi connectivity index (χ3n) is 5.03. The topological polar surface area (TPSA) is 99.0 Å². The van der Waals surface area contributed by atoms with Crippen molar-refractivity contribution in [3.05, 3.63) is 64.1 Å². The van der Waals surface area contributed by atoms with Crippen LogP contribution in [-0.2, 0) is 23.1 Å². The van der Waals surface area contributed by atoms with Crippen LogP contribution in [0, 0.1) is 0 Å². The highest BCUT2D eigenvalue weighted by Crippen LogP contribution is 2.27. The zero-order chi connectivity index (χ0) is 19.7. The average Bonchev–Trinajstić information content (AvgIpc) is 3.26. The van der Waals surface area contributed by atoms with E-state index in [1.54, 1.807) is 11.6 Å². The summed E-state index contributed by atoms with van der Waals surface area (Å²) < 4.78 is 18.4. The molecule has 0 radical (unpaired) electrons. The molecule has 3 heterocycles. The second-order valence-corrected chi connectivity index (χ2v) is 6.99. The predicted octanol–water partition coefficient (Wildman–Crippen LogP) is 0.221. The molecule has 4 rings (SSSR count). The number of hydrogen-bond acceptors (Lipinski definition) is 6. The minimum Gasteiger partial charge on any atom is -0.483 e. The van der Waals surface area contributed by atoms with Gasteiger partial charge in [-0.2, -0.15) is 0 Å². The molecule has 0 spiro atoms. The first-order valence-electron chi connectivity index (χ1n) is 9.13. The SMILES string of the molecule is Cn1ccc(=O)c(OCc2ccccc2)c1C(=O)N[C@@H]1CO[C@H]2[C@@H]1OC[C@H]2O. The molecule has 2 aliphatic heterocycles. The Balaban J connectivity index is 1.54. The van der Waals surface area contributed by atoms with Gasteiger partial charge in [-0.05, 0) is 5.56 Å². The maximum atomic E-state index is 13.0. The van der Waals surface area contributed by atoms with E-state index in [9.17, 15) is 14.7 Å². The Hall–Kier alpha value is -2.68. The number of nitrogens with one attached hydrogen (secondary N) is 1. The van der Waals surface area contributed by atoms with E-state index in [1.165, 1.54) is 12.3 Å². The molecule has 0 bridgehead atoms. The number of fused-ring (bicyclic) bond motifs is 1.